The van der Waals surface area contributed by atoms with Crippen LogP contribution >= 0.6 is 11.8 Å². The summed E-state index contributed by atoms with van der Waals surface area (Å²) in [7, 11) is -2.37. The lowest BCUT2D eigenvalue weighted by Gasteiger charge is -2.12. The third-order valence-corrected chi connectivity index (χ3v) is 8.12. The number of ether oxygens (including phenoxy) is 2. The first-order valence-electron chi connectivity index (χ1n) is 12.2. The Morgan fingerprint density at radius 2 is 1.72 bits per heavy atom. The van der Waals surface area contributed by atoms with Crippen LogP contribution in [0.25, 0.3) is 6.08 Å². The van der Waals surface area contributed by atoms with Gasteiger partial charge in [0.05, 0.1) is 23.5 Å². The molecule has 9 heteroatoms. The van der Waals surface area contributed by atoms with Crippen molar-refractivity contribution in [3.05, 3.63) is 58.5 Å². The summed E-state index contributed by atoms with van der Waals surface area (Å²) in [5.74, 6) is 0.949. The quantitative estimate of drug-likeness (QED) is 0.246. The fourth-order valence-corrected chi connectivity index (χ4v) is 5.90. The van der Waals surface area contributed by atoms with Crippen LogP contribution in [-0.4, -0.2) is 44.7 Å². The van der Waals surface area contributed by atoms with Gasteiger partial charge < -0.3 is 9.47 Å². The number of hydrogen-bond donors (Lipinski definition) is 0. The Morgan fingerprint density at radius 1 is 1.00 bits per heavy atom. The maximum Gasteiger partial charge on any atom is 0.284 e. The van der Waals surface area contributed by atoms with Gasteiger partial charge in [0.15, 0.2) is 16.7 Å². The molecule has 1 fully saturated rings. The number of aryl methyl sites for hydroxylation is 1. The number of unbranched alkanes of at least 4 members (excludes halogenated alkanes) is 4. The average Bonchev–Trinajstić information content (AvgIpc) is 3.14. The van der Waals surface area contributed by atoms with E-state index in [1.807, 2.05) is 25.1 Å². The maximum atomic E-state index is 13.0. The first kappa shape index (κ1) is 27.8. The number of hydrogen-bond acceptors (Lipinski definition) is 6. The molecule has 194 valence electrons. The highest BCUT2D eigenvalue weighted by Gasteiger charge is 2.34. The predicted octanol–water partition coefficient (Wildman–Crippen LogP) is 6.03. The number of amidine groups is 1. The van der Waals surface area contributed by atoms with Crippen molar-refractivity contribution >= 4 is 38.9 Å². The van der Waals surface area contributed by atoms with Crippen molar-refractivity contribution in [1.82, 2.24) is 4.90 Å². The number of benzene rings is 2. The van der Waals surface area contributed by atoms with Crippen LogP contribution in [0.4, 0.5) is 0 Å². The third kappa shape index (κ3) is 7.13. The van der Waals surface area contributed by atoms with Gasteiger partial charge in [-0.05, 0) is 67.9 Å². The molecule has 2 aromatic carbocycles. The van der Waals surface area contributed by atoms with Gasteiger partial charge in [-0.25, -0.2) is 0 Å². The van der Waals surface area contributed by atoms with Crippen LogP contribution in [0.3, 0.4) is 0 Å². The number of thioether (sulfide) groups is 1. The second-order valence-corrected chi connectivity index (χ2v) is 11.1. The molecule has 2 aromatic rings. The average molecular weight is 531 g/mol. The Labute approximate surface area is 218 Å². The Bertz CT molecular complexity index is 1220. The van der Waals surface area contributed by atoms with E-state index in [1.165, 1.54) is 36.3 Å². The lowest BCUT2D eigenvalue weighted by atomic mass is 10.1. The number of sulfonamides is 1. The van der Waals surface area contributed by atoms with Gasteiger partial charge in [-0.2, -0.15) is 8.42 Å². The molecule has 7 nitrogen and oxygen atoms in total. The zero-order chi connectivity index (χ0) is 26.1. The summed E-state index contributed by atoms with van der Waals surface area (Å²) in [6.07, 6.45) is 7.49. The minimum absolute atomic E-state index is 0.0906. The summed E-state index contributed by atoms with van der Waals surface area (Å²) < 4.78 is 41.0. The zero-order valence-corrected chi connectivity index (χ0v) is 23.0. The molecule has 0 radical (unpaired) electrons. The number of methoxy groups -OCH3 is 1. The SMILES string of the molecule is CCCCCCCOc1ccc(C=C2SC(=NS(=O)(=O)c3ccc(C)cc3)N(CC)C2=O)cc1OC. The number of carbonyl (C=O) groups is 1. The maximum absolute atomic E-state index is 13.0. The standard InChI is InChI=1S/C27H34N2O5S2/c1-5-7-8-9-10-17-34-23-16-13-21(18-24(23)33-4)19-25-26(30)29(6-2)27(35-25)28-36(31,32)22-14-11-20(3)12-15-22/h11-16,18-19H,5-10,17H2,1-4H3. The molecule has 0 aliphatic carbocycles. The molecule has 0 spiro atoms. The predicted molar refractivity (Wildman–Crippen MR) is 146 cm³/mol. The van der Waals surface area contributed by atoms with Gasteiger partial charge in [0, 0.05) is 6.54 Å². The molecule has 1 amide bonds. The minimum atomic E-state index is -3.95. The zero-order valence-electron chi connectivity index (χ0n) is 21.3. The lowest BCUT2D eigenvalue weighted by molar-refractivity contribution is -0.122. The molecule has 36 heavy (non-hydrogen) atoms. The molecule has 0 saturated carbocycles. The van der Waals surface area contributed by atoms with Crippen molar-refractivity contribution in [2.45, 2.75) is 57.8 Å². The largest absolute Gasteiger partial charge is 0.493 e. The summed E-state index contributed by atoms with van der Waals surface area (Å²) in [4.78, 5) is 14.8. The fourth-order valence-electron chi connectivity index (χ4n) is 3.65. The highest BCUT2D eigenvalue weighted by Crippen LogP contribution is 2.35. The molecule has 0 atom stereocenters. The van der Waals surface area contributed by atoms with E-state index in [9.17, 15) is 13.2 Å². The van der Waals surface area contributed by atoms with Gasteiger partial charge >= 0.3 is 0 Å². The number of nitrogens with zero attached hydrogens (tertiary/aromatic N) is 2. The molecule has 0 aromatic heterocycles. The van der Waals surface area contributed by atoms with Crippen molar-refractivity contribution < 1.29 is 22.7 Å². The van der Waals surface area contributed by atoms with E-state index in [-0.39, 0.29) is 16.0 Å². The Morgan fingerprint density at radius 3 is 2.39 bits per heavy atom. The normalized spacial score (nSPS) is 16.2. The van der Waals surface area contributed by atoms with Crippen LogP contribution in [0.15, 0.2) is 56.7 Å². The highest BCUT2D eigenvalue weighted by molar-refractivity contribution is 8.19. The van der Waals surface area contributed by atoms with Gasteiger partial charge in [0.2, 0.25) is 0 Å². The van der Waals surface area contributed by atoms with Gasteiger partial charge in [0.25, 0.3) is 15.9 Å². The smallest absolute Gasteiger partial charge is 0.284 e. The molecule has 1 saturated heterocycles. The number of amides is 1. The summed E-state index contributed by atoms with van der Waals surface area (Å²) in [5.41, 5.74) is 1.70. The van der Waals surface area contributed by atoms with E-state index in [0.717, 1.165) is 35.7 Å². The van der Waals surface area contributed by atoms with E-state index in [1.54, 1.807) is 32.2 Å². The molecule has 1 aliphatic rings. The number of rotatable bonds is 12. The van der Waals surface area contributed by atoms with Crippen LogP contribution in [0, 0.1) is 6.92 Å². The first-order chi connectivity index (χ1) is 17.3. The van der Waals surface area contributed by atoms with Gasteiger partial charge in [-0.3, -0.25) is 9.69 Å². The van der Waals surface area contributed by atoms with Crippen LogP contribution in [0.1, 0.15) is 57.1 Å². The monoisotopic (exact) mass is 530 g/mol. The second-order valence-electron chi connectivity index (χ2n) is 8.50. The molecular formula is C27H34N2O5S2. The third-order valence-electron chi connectivity index (χ3n) is 5.71. The summed E-state index contributed by atoms with van der Waals surface area (Å²) in [6.45, 7) is 6.78. The molecular weight excluding hydrogens is 496 g/mol. The Hall–Kier alpha value is -2.78. The van der Waals surface area contributed by atoms with Gasteiger partial charge in [0.1, 0.15) is 0 Å². The molecule has 0 N–H and O–H groups in total. The van der Waals surface area contributed by atoms with Crippen molar-refractivity contribution in [3.8, 4) is 11.5 Å². The fraction of sp³-hybridized carbons (Fsp3) is 0.407. The first-order valence-corrected chi connectivity index (χ1v) is 14.5. The summed E-state index contributed by atoms with van der Waals surface area (Å²) >= 11 is 1.05. The van der Waals surface area contributed by atoms with Crippen LogP contribution in [0.5, 0.6) is 11.5 Å². The van der Waals surface area contributed by atoms with Crippen LogP contribution in [-0.2, 0) is 14.8 Å². The molecule has 0 bridgehead atoms. The molecule has 1 heterocycles. The molecule has 1 aliphatic heterocycles. The highest BCUT2D eigenvalue weighted by atomic mass is 32.2. The molecule has 0 unspecified atom stereocenters. The Kier molecular flexibility index (Phi) is 10.0. The van der Waals surface area contributed by atoms with Gasteiger partial charge in [-0.1, -0.05) is 56.4 Å². The lowest BCUT2D eigenvalue weighted by Crippen LogP contribution is -2.29. The van der Waals surface area contributed by atoms with Crippen molar-refractivity contribution in [1.29, 1.82) is 0 Å². The second kappa shape index (κ2) is 13.0. The number of carbonyl (C=O) groups excluding carboxylic acids is 1. The van der Waals surface area contributed by atoms with E-state index in [0.29, 0.717) is 29.6 Å². The van der Waals surface area contributed by atoms with Crippen molar-refractivity contribution in [2.24, 2.45) is 4.40 Å². The number of likely N-dealkylation sites (N-methyl/N-ethyl adjacent to an activating group) is 1. The topological polar surface area (TPSA) is 85.3 Å². The van der Waals surface area contributed by atoms with Gasteiger partial charge in [-0.15, -0.1) is 4.40 Å². The van der Waals surface area contributed by atoms with E-state index >= 15 is 0 Å². The molecule has 3 rings (SSSR count). The van der Waals surface area contributed by atoms with E-state index in [2.05, 4.69) is 11.3 Å². The Balaban J connectivity index is 1.77. The minimum Gasteiger partial charge on any atom is -0.493 e. The summed E-state index contributed by atoms with van der Waals surface area (Å²) in [6, 6.07) is 12.0. The van der Waals surface area contributed by atoms with E-state index in [4.69, 9.17) is 9.47 Å². The van der Waals surface area contributed by atoms with Crippen LogP contribution in [0.2, 0.25) is 0 Å². The summed E-state index contributed by atoms with van der Waals surface area (Å²) in [5, 5.41) is 0.143. The van der Waals surface area contributed by atoms with Crippen molar-refractivity contribution in [2.75, 3.05) is 20.3 Å². The van der Waals surface area contributed by atoms with Crippen LogP contribution < -0.4 is 9.47 Å². The van der Waals surface area contributed by atoms with Crippen molar-refractivity contribution in [3.63, 3.8) is 0 Å². The van der Waals surface area contributed by atoms with E-state index < -0.39 is 10.0 Å².